The number of aromatic amines is 1. The molecule has 0 atom stereocenters. The van der Waals surface area contributed by atoms with Crippen LogP contribution in [0.1, 0.15) is 27.4 Å². The van der Waals surface area contributed by atoms with Gasteiger partial charge in [-0.25, -0.2) is 9.67 Å². The van der Waals surface area contributed by atoms with E-state index in [9.17, 15) is 4.79 Å². The summed E-state index contributed by atoms with van der Waals surface area (Å²) in [7, 11) is 0. The Balaban J connectivity index is 1.45. The number of aromatic nitrogens is 4. The van der Waals surface area contributed by atoms with Crippen molar-refractivity contribution in [1.82, 2.24) is 25.1 Å². The number of carbonyl (C=O) groups excluding carboxylic acids is 1. The van der Waals surface area contributed by atoms with E-state index in [4.69, 9.17) is 0 Å². The second-order valence-electron chi connectivity index (χ2n) is 6.31. The maximum Gasteiger partial charge on any atom is 0.253 e. The molecule has 1 amide bonds. The van der Waals surface area contributed by atoms with Crippen LogP contribution in [0.2, 0.25) is 0 Å². The minimum atomic E-state index is -0.156. The van der Waals surface area contributed by atoms with Crippen LogP contribution in [0.5, 0.6) is 0 Å². The second-order valence-corrected chi connectivity index (χ2v) is 6.31. The first-order valence-corrected chi connectivity index (χ1v) is 8.45. The van der Waals surface area contributed by atoms with Crippen LogP contribution < -0.4 is 5.32 Å². The molecule has 130 valence electrons. The molecule has 0 unspecified atom stereocenters. The summed E-state index contributed by atoms with van der Waals surface area (Å²) >= 11 is 0. The van der Waals surface area contributed by atoms with E-state index in [1.165, 1.54) is 0 Å². The Hall–Kier alpha value is -3.41. The molecule has 6 heteroatoms. The van der Waals surface area contributed by atoms with E-state index in [1.54, 1.807) is 23.0 Å². The van der Waals surface area contributed by atoms with Crippen LogP contribution in [-0.2, 0) is 6.54 Å². The third-order valence-corrected chi connectivity index (χ3v) is 4.26. The molecule has 3 heterocycles. The molecule has 0 aliphatic heterocycles. The summed E-state index contributed by atoms with van der Waals surface area (Å²) in [5.41, 5.74) is 4.49. The molecule has 4 rings (SSSR count). The highest BCUT2D eigenvalue weighted by molar-refractivity contribution is 5.94. The number of hydrogen-bond donors (Lipinski definition) is 2. The molecule has 2 N–H and O–H groups in total. The maximum absolute atomic E-state index is 12.4. The van der Waals surface area contributed by atoms with Gasteiger partial charge in [0.2, 0.25) is 0 Å². The first-order valence-electron chi connectivity index (χ1n) is 8.45. The molecule has 0 saturated carbocycles. The van der Waals surface area contributed by atoms with Gasteiger partial charge >= 0.3 is 0 Å². The fourth-order valence-corrected chi connectivity index (χ4v) is 3.01. The van der Waals surface area contributed by atoms with Crippen LogP contribution in [0.4, 0.5) is 0 Å². The van der Waals surface area contributed by atoms with Gasteiger partial charge in [0.1, 0.15) is 0 Å². The molecule has 0 aliphatic rings. The third kappa shape index (κ3) is 3.09. The molecule has 1 aromatic carbocycles. The van der Waals surface area contributed by atoms with Gasteiger partial charge in [0.15, 0.2) is 5.82 Å². The van der Waals surface area contributed by atoms with Gasteiger partial charge in [0, 0.05) is 23.1 Å². The summed E-state index contributed by atoms with van der Waals surface area (Å²) in [6, 6.07) is 15.6. The Morgan fingerprint density at radius 1 is 1.15 bits per heavy atom. The van der Waals surface area contributed by atoms with Gasteiger partial charge < -0.3 is 10.3 Å². The van der Waals surface area contributed by atoms with Crippen molar-refractivity contribution in [3.63, 3.8) is 0 Å². The number of rotatable bonds is 4. The van der Waals surface area contributed by atoms with Crippen molar-refractivity contribution < 1.29 is 4.79 Å². The Morgan fingerprint density at radius 2 is 2.00 bits per heavy atom. The molecule has 0 spiro atoms. The minimum Gasteiger partial charge on any atom is -0.357 e. The van der Waals surface area contributed by atoms with Crippen molar-refractivity contribution in [2.75, 3.05) is 0 Å². The number of benzene rings is 1. The Morgan fingerprint density at radius 3 is 2.69 bits per heavy atom. The van der Waals surface area contributed by atoms with Gasteiger partial charge in [0.05, 0.1) is 17.8 Å². The quantitative estimate of drug-likeness (QED) is 0.596. The smallest absolute Gasteiger partial charge is 0.253 e. The van der Waals surface area contributed by atoms with Crippen molar-refractivity contribution in [2.45, 2.75) is 20.4 Å². The van der Waals surface area contributed by atoms with E-state index in [2.05, 4.69) is 20.4 Å². The highest BCUT2D eigenvalue weighted by atomic mass is 16.1. The number of para-hydroxylation sites is 1. The van der Waals surface area contributed by atoms with E-state index in [0.717, 1.165) is 28.0 Å². The number of fused-ring (bicyclic) bond motifs is 1. The van der Waals surface area contributed by atoms with Gasteiger partial charge in [-0.2, -0.15) is 5.10 Å². The highest BCUT2D eigenvalue weighted by Crippen LogP contribution is 2.15. The van der Waals surface area contributed by atoms with Gasteiger partial charge in [-0.15, -0.1) is 0 Å². The van der Waals surface area contributed by atoms with Crippen molar-refractivity contribution in [3.05, 3.63) is 77.4 Å². The highest BCUT2D eigenvalue weighted by Gasteiger charge is 2.09. The zero-order valence-corrected chi connectivity index (χ0v) is 14.7. The molecule has 3 aromatic heterocycles. The molecule has 0 aliphatic carbocycles. The standard InChI is InChI=1S/C20H19N5O/c1-13-9-14(2)25(24-13)19-8-7-16(11-21-19)20(26)22-12-17-10-15-5-3-4-6-18(15)23-17/h3-11,23H,12H2,1-2H3,(H,22,26). The fraction of sp³-hybridized carbons (Fsp3) is 0.150. The molecule has 6 nitrogen and oxygen atoms in total. The summed E-state index contributed by atoms with van der Waals surface area (Å²) < 4.78 is 1.77. The SMILES string of the molecule is Cc1cc(C)n(-c2ccc(C(=O)NCc3cc4ccccc4[nH]3)cn2)n1. The monoisotopic (exact) mass is 345 g/mol. The summed E-state index contributed by atoms with van der Waals surface area (Å²) in [4.78, 5) is 20.0. The van der Waals surface area contributed by atoms with Gasteiger partial charge in [-0.1, -0.05) is 18.2 Å². The fourth-order valence-electron chi connectivity index (χ4n) is 3.01. The number of aryl methyl sites for hydroxylation is 2. The van der Waals surface area contributed by atoms with E-state index in [0.29, 0.717) is 17.9 Å². The number of pyridine rings is 1. The van der Waals surface area contributed by atoms with Gasteiger partial charge in [-0.3, -0.25) is 4.79 Å². The molecular weight excluding hydrogens is 326 g/mol. The molecule has 0 radical (unpaired) electrons. The average molecular weight is 345 g/mol. The van der Waals surface area contributed by atoms with Crippen LogP contribution in [0.3, 0.4) is 0 Å². The average Bonchev–Trinajstić information content (AvgIpc) is 3.22. The molecule has 0 bridgehead atoms. The number of carbonyl (C=O) groups is 1. The maximum atomic E-state index is 12.4. The van der Waals surface area contributed by atoms with Gasteiger partial charge in [0.25, 0.3) is 5.91 Å². The molecule has 0 fully saturated rings. The van der Waals surface area contributed by atoms with Gasteiger partial charge in [-0.05, 0) is 49.6 Å². The predicted molar refractivity (Wildman–Crippen MR) is 100 cm³/mol. The Labute approximate surface area is 150 Å². The first-order chi connectivity index (χ1) is 12.6. The number of hydrogen-bond acceptors (Lipinski definition) is 3. The zero-order valence-electron chi connectivity index (χ0n) is 14.7. The lowest BCUT2D eigenvalue weighted by atomic mass is 10.2. The Kier molecular flexibility index (Phi) is 4.01. The molecule has 4 aromatic rings. The first kappa shape index (κ1) is 16.1. The number of nitrogens with zero attached hydrogens (tertiary/aromatic N) is 3. The molecular formula is C20H19N5O. The van der Waals surface area contributed by atoms with Crippen LogP contribution in [0.15, 0.2) is 54.7 Å². The van der Waals surface area contributed by atoms with Crippen molar-refractivity contribution in [3.8, 4) is 5.82 Å². The molecule has 26 heavy (non-hydrogen) atoms. The van der Waals surface area contributed by atoms with Crippen LogP contribution >= 0.6 is 0 Å². The lowest BCUT2D eigenvalue weighted by Gasteiger charge is -2.06. The zero-order chi connectivity index (χ0) is 18.1. The topological polar surface area (TPSA) is 75.6 Å². The normalized spacial score (nSPS) is 11.0. The lowest BCUT2D eigenvalue weighted by molar-refractivity contribution is 0.0950. The third-order valence-electron chi connectivity index (χ3n) is 4.26. The van der Waals surface area contributed by atoms with Crippen molar-refractivity contribution in [1.29, 1.82) is 0 Å². The van der Waals surface area contributed by atoms with E-state index >= 15 is 0 Å². The minimum absolute atomic E-state index is 0.156. The van der Waals surface area contributed by atoms with Crippen LogP contribution in [-0.4, -0.2) is 25.7 Å². The summed E-state index contributed by atoms with van der Waals surface area (Å²) in [5.74, 6) is 0.541. The lowest BCUT2D eigenvalue weighted by Crippen LogP contribution is -2.23. The van der Waals surface area contributed by atoms with Crippen LogP contribution in [0, 0.1) is 13.8 Å². The molecule has 0 saturated heterocycles. The number of amides is 1. The largest absolute Gasteiger partial charge is 0.357 e. The summed E-state index contributed by atoms with van der Waals surface area (Å²) in [5, 5.41) is 8.45. The second kappa shape index (κ2) is 6.48. The van der Waals surface area contributed by atoms with E-state index in [1.807, 2.05) is 50.2 Å². The van der Waals surface area contributed by atoms with Crippen LogP contribution in [0.25, 0.3) is 16.7 Å². The number of nitrogens with one attached hydrogen (secondary N) is 2. The van der Waals surface area contributed by atoms with Crippen molar-refractivity contribution >= 4 is 16.8 Å². The predicted octanol–water partition coefficient (Wildman–Crippen LogP) is 3.30. The summed E-state index contributed by atoms with van der Waals surface area (Å²) in [6.07, 6.45) is 1.58. The Bertz CT molecular complexity index is 1040. The number of H-pyrrole nitrogens is 1. The van der Waals surface area contributed by atoms with E-state index < -0.39 is 0 Å². The summed E-state index contributed by atoms with van der Waals surface area (Å²) in [6.45, 7) is 4.35. The van der Waals surface area contributed by atoms with E-state index in [-0.39, 0.29) is 5.91 Å². The van der Waals surface area contributed by atoms with Crippen molar-refractivity contribution in [2.24, 2.45) is 0 Å².